The molecule has 0 aliphatic rings. The van der Waals surface area contributed by atoms with Crippen LogP contribution in [0.1, 0.15) is 5.89 Å². The van der Waals surface area contributed by atoms with Gasteiger partial charge in [-0.2, -0.15) is 0 Å². The van der Waals surface area contributed by atoms with Crippen molar-refractivity contribution in [3.05, 3.63) is 84.8 Å². The molecule has 0 atom stereocenters. The molecule has 0 aliphatic carbocycles. The normalized spacial score (nSPS) is 10.7. The number of hydrogen-bond donors (Lipinski definition) is 0. The van der Waals surface area contributed by atoms with E-state index in [1.54, 1.807) is 36.3 Å². The predicted octanol–water partition coefficient (Wildman–Crippen LogP) is 5.00. The van der Waals surface area contributed by atoms with E-state index >= 15 is 0 Å². The first-order valence-corrected chi connectivity index (χ1v) is 8.97. The number of nitrogens with zero attached hydrogens (tertiary/aromatic N) is 3. The smallest absolute Gasteiger partial charge is 0.254 e. The lowest BCUT2D eigenvalue weighted by Crippen LogP contribution is -1.95. The van der Waals surface area contributed by atoms with Gasteiger partial charge in [0.1, 0.15) is 11.6 Å². The number of ether oxygens (including phenoxy) is 1. The van der Waals surface area contributed by atoms with Gasteiger partial charge in [-0.05, 0) is 54.6 Å². The summed E-state index contributed by atoms with van der Waals surface area (Å²) in [5.74, 6) is 0.925. The second kappa shape index (κ2) is 8.01. The van der Waals surface area contributed by atoms with Crippen molar-refractivity contribution in [2.45, 2.75) is 16.4 Å². The van der Waals surface area contributed by atoms with E-state index in [2.05, 4.69) is 15.2 Å². The Bertz CT molecular complexity index is 1020. The molecule has 2 aromatic heterocycles. The summed E-state index contributed by atoms with van der Waals surface area (Å²) in [6.45, 7) is 0.138. The Morgan fingerprint density at radius 3 is 2.48 bits per heavy atom. The van der Waals surface area contributed by atoms with Gasteiger partial charge in [-0.3, -0.25) is 4.98 Å². The molecule has 5 nitrogen and oxygen atoms in total. The molecule has 0 radical (unpaired) electrons. The molecule has 2 aromatic carbocycles. The highest BCUT2D eigenvalue weighted by molar-refractivity contribution is 7.99. The molecule has 0 aliphatic heterocycles. The van der Waals surface area contributed by atoms with Gasteiger partial charge in [0.25, 0.3) is 5.89 Å². The SMILES string of the molecule is Fc1cccc(-c2nnc(COc3ccc(Sc4ccncc4)cc3)o2)c1. The average molecular weight is 379 g/mol. The van der Waals surface area contributed by atoms with Crippen molar-refractivity contribution in [1.82, 2.24) is 15.2 Å². The van der Waals surface area contributed by atoms with Gasteiger partial charge in [0.15, 0.2) is 6.61 Å². The molecule has 0 N–H and O–H groups in total. The minimum atomic E-state index is -0.353. The second-order valence-electron chi connectivity index (χ2n) is 5.56. The van der Waals surface area contributed by atoms with Crippen molar-refractivity contribution >= 4 is 11.8 Å². The fraction of sp³-hybridized carbons (Fsp3) is 0.0500. The lowest BCUT2D eigenvalue weighted by atomic mass is 10.2. The van der Waals surface area contributed by atoms with E-state index in [0.717, 1.165) is 9.79 Å². The van der Waals surface area contributed by atoms with Gasteiger partial charge in [-0.1, -0.05) is 17.8 Å². The van der Waals surface area contributed by atoms with Crippen LogP contribution in [0.4, 0.5) is 4.39 Å². The lowest BCUT2D eigenvalue weighted by Gasteiger charge is -2.05. The molecule has 0 amide bonds. The predicted molar refractivity (Wildman–Crippen MR) is 98.8 cm³/mol. The maximum atomic E-state index is 13.3. The topological polar surface area (TPSA) is 61.0 Å². The molecule has 2 heterocycles. The van der Waals surface area contributed by atoms with Crippen LogP contribution < -0.4 is 4.74 Å². The van der Waals surface area contributed by atoms with E-state index in [-0.39, 0.29) is 18.3 Å². The first-order valence-electron chi connectivity index (χ1n) is 8.15. The molecule has 0 fully saturated rings. The molecule has 134 valence electrons. The first kappa shape index (κ1) is 17.2. The van der Waals surface area contributed by atoms with Gasteiger partial charge in [0.05, 0.1) is 0 Å². The van der Waals surface area contributed by atoms with Gasteiger partial charge >= 0.3 is 0 Å². The quantitative estimate of drug-likeness (QED) is 0.470. The van der Waals surface area contributed by atoms with Crippen LogP contribution in [-0.2, 0) is 6.61 Å². The van der Waals surface area contributed by atoms with Crippen molar-refractivity contribution in [2.75, 3.05) is 0 Å². The van der Waals surface area contributed by atoms with E-state index in [0.29, 0.717) is 17.2 Å². The molecule has 0 unspecified atom stereocenters. The number of rotatable bonds is 6. The summed E-state index contributed by atoms with van der Waals surface area (Å²) in [5, 5.41) is 7.87. The van der Waals surface area contributed by atoms with Gasteiger partial charge in [-0.25, -0.2) is 4.39 Å². The first-order chi connectivity index (χ1) is 13.3. The molecular formula is C20H14FN3O2S. The van der Waals surface area contributed by atoms with Crippen LogP contribution in [0.2, 0.25) is 0 Å². The van der Waals surface area contributed by atoms with Crippen LogP contribution >= 0.6 is 11.8 Å². The maximum Gasteiger partial charge on any atom is 0.254 e. The number of aromatic nitrogens is 3. The largest absolute Gasteiger partial charge is 0.484 e. The fourth-order valence-electron chi connectivity index (χ4n) is 2.34. The van der Waals surface area contributed by atoms with Crippen LogP contribution in [-0.4, -0.2) is 15.2 Å². The Morgan fingerprint density at radius 1 is 0.926 bits per heavy atom. The third-order valence-corrected chi connectivity index (χ3v) is 4.63. The summed E-state index contributed by atoms with van der Waals surface area (Å²) >= 11 is 1.65. The van der Waals surface area contributed by atoms with Crippen LogP contribution in [0, 0.1) is 5.82 Å². The lowest BCUT2D eigenvalue weighted by molar-refractivity contribution is 0.264. The molecule has 7 heteroatoms. The summed E-state index contributed by atoms with van der Waals surface area (Å²) in [5.41, 5.74) is 0.534. The molecule has 0 saturated carbocycles. The van der Waals surface area contributed by atoms with Crippen molar-refractivity contribution in [3.63, 3.8) is 0 Å². The highest BCUT2D eigenvalue weighted by Crippen LogP contribution is 2.28. The molecule has 0 bridgehead atoms. The number of halogens is 1. The summed E-state index contributed by atoms with van der Waals surface area (Å²) in [6, 6.07) is 17.6. The molecule has 0 saturated heterocycles. The molecule has 4 aromatic rings. The highest BCUT2D eigenvalue weighted by atomic mass is 32.2. The van der Waals surface area contributed by atoms with Gasteiger partial charge < -0.3 is 9.15 Å². The van der Waals surface area contributed by atoms with Crippen molar-refractivity contribution < 1.29 is 13.5 Å². The molecule has 4 rings (SSSR count). The van der Waals surface area contributed by atoms with Gasteiger partial charge in [-0.15, -0.1) is 10.2 Å². The summed E-state index contributed by atoms with van der Waals surface area (Å²) in [4.78, 5) is 6.22. The maximum absolute atomic E-state index is 13.3. The van der Waals surface area contributed by atoms with E-state index in [9.17, 15) is 4.39 Å². The monoisotopic (exact) mass is 379 g/mol. The third kappa shape index (κ3) is 4.51. The number of pyridine rings is 1. The minimum absolute atomic E-state index is 0.138. The molecular weight excluding hydrogens is 365 g/mol. The van der Waals surface area contributed by atoms with Gasteiger partial charge in [0, 0.05) is 27.7 Å². The van der Waals surface area contributed by atoms with Crippen LogP contribution in [0.25, 0.3) is 11.5 Å². The number of hydrogen-bond acceptors (Lipinski definition) is 6. The Morgan fingerprint density at radius 2 is 1.70 bits per heavy atom. The average Bonchev–Trinajstić information content (AvgIpc) is 3.17. The Kier molecular flexibility index (Phi) is 5.11. The Balaban J connectivity index is 1.36. The minimum Gasteiger partial charge on any atom is -0.484 e. The highest BCUT2D eigenvalue weighted by Gasteiger charge is 2.10. The van der Waals surface area contributed by atoms with Crippen LogP contribution in [0.15, 0.2) is 87.3 Å². The number of benzene rings is 2. The second-order valence-corrected chi connectivity index (χ2v) is 6.70. The summed E-state index contributed by atoms with van der Waals surface area (Å²) in [6.07, 6.45) is 3.53. The Hall–Kier alpha value is -3.19. The summed E-state index contributed by atoms with van der Waals surface area (Å²) in [7, 11) is 0. The standard InChI is InChI=1S/C20H14FN3O2S/c21-15-3-1-2-14(12-15)20-24-23-19(26-20)13-25-16-4-6-17(7-5-16)27-18-8-10-22-11-9-18/h1-12H,13H2. The fourth-order valence-corrected chi connectivity index (χ4v) is 3.14. The van der Waals surface area contributed by atoms with Crippen LogP contribution in [0.5, 0.6) is 5.75 Å². The zero-order valence-corrected chi connectivity index (χ0v) is 14.9. The molecule has 0 spiro atoms. The van der Waals surface area contributed by atoms with Gasteiger partial charge in [0.2, 0.25) is 5.89 Å². The van der Waals surface area contributed by atoms with Crippen LogP contribution in [0.3, 0.4) is 0 Å². The van der Waals surface area contributed by atoms with E-state index in [1.807, 2.05) is 36.4 Å². The van der Waals surface area contributed by atoms with E-state index < -0.39 is 0 Å². The Labute approximate surface area is 159 Å². The summed E-state index contributed by atoms with van der Waals surface area (Å²) < 4.78 is 24.5. The van der Waals surface area contributed by atoms with E-state index in [1.165, 1.54) is 12.1 Å². The van der Waals surface area contributed by atoms with Crippen molar-refractivity contribution in [3.8, 4) is 17.2 Å². The van der Waals surface area contributed by atoms with Crippen molar-refractivity contribution in [2.24, 2.45) is 0 Å². The molecule has 27 heavy (non-hydrogen) atoms. The van der Waals surface area contributed by atoms with Crippen molar-refractivity contribution in [1.29, 1.82) is 0 Å². The van der Waals surface area contributed by atoms with E-state index in [4.69, 9.17) is 9.15 Å². The third-order valence-electron chi connectivity index (χ3n) is 3.61. The zero-order valence-electron chi connectivity index (χ0n) is 14.1. The zero-order chi connectivity index (χ0) is 18.5.